The van der Waals surface area contributed by atoms with E-state index >= 15 is 0 Å². The summed E-state index contributed by atoms with van der Waals surface area (Å²) < 4.78 is 10.6. The molecule has 0 aromatic carbocycles. The Hall–Kier alpha value is 0.210. The highest BCUT2D eigenvalue weighted by molar-refractivity contribution is 6.20. The molecule has 0 saturated carbocycles. The third-order valence-corrected chi connectivity index (χ3v) is 1.68. The fraction of sp³-hybridized carbons (Fsp3) is 1.00. The van der Waals surface area contributed by atoms with Gasteiger partial charge in [0, 0.05) is 5.92 Å². The second kappa shape index (κ2) is 3.56. The first-order chi connectivity index (χ1) is 4.70. The molecule has 0 spiro atoms. The molecular weight excluding hydrogens is 152 g/mol. The lowest BCUT2D eigenvalue weighted by Gasteiger charge is -2.28. The zero-order chi connectivity index (χ0) is 7.56. The SMILES string of the molecule is CC(C)C1OCC(Cl)CO1. The van der Waals surface area contributed by atoms with Crippen LogP contribution in [0.4, 0.5) is 0 Å². The van der Waals surface area contributed by atoms with Gasteiger partial charge in [-0.2, -0.15) is 0 Å². The van der Waals surface area contributed by atoms with E-state index in [0.717, 1.165) is 0 Å². The summed E-state index contributed by atoms with van der Waals surface area (Å²) in [5.41, 5.74) is 0. The Balaban J connectivity index is 2.26. The zero-order valence-electron chi connectivity index (χ0n) is 6.34. The molecule has 60 valence electrons. The maximum absolute atomic E-state index is 5.74. The first kappa shape index (κ1) is 8.31. The average Bonchev–Trinajstić information content (AvgIpc) is 1.88. The van der Waals surface area contributed by atoms with Gasteiger partial charge in [-0.3, -0.25) is 0 Å². The molecule has 0 radical (unpaired) electrons. The molecule has 1 aliphatic rings. The van der Waals surface area contributed by atoms with Crippen LogP contribution in [0.15, 0.2) is 0 Å². The molecule has 1 aliphatic heterocycles. The number of rotatable bonds is 1. The second-order valence-corrected chi connectivity index (χ2v) is 3.49. The number of halogens is 1. The molecule has 0 N–H and O–H groups in total. The van der Waals surface area contributed by atoms with E-state index in [0.29, 0.717) is 19.1 Å². The summed E-state index contributed by atoms with van der Waals surface area (Å²) in [4.78, 5) is 0. The quantitative estimate of drug-likeness (QED) is 0.549. The van der Waals surface area contributed by atoms with E-state index in [1.54, 1.807) is 0 Å². The van der Waals surface area contributed by atoms with Crippen LogP contribution in [0.25, 0.3) is 0 Å². The van der Waals surface area contributed by atoms with Gasteiger partial charge < -0.3 is 9.47 Å². The molecule has 0 unspecified atom stereocenters. The predicted octanol–water partition coefficient (Wildman–Crippen LogP) is 1.62. The summed E-state index contributed by atoms with van der Waals surface area (Å²) in [7, 11) is 0. The fourth-order valence-electron chi connectivity index (χ4n) is 0.880. The van der Waals surface area contributed by atoms with Gasteiger partial charge in [0.1, 0.15) is 0 Å². The molecule has 0 aromatic rings. The summed E-state index contributed by atoms with van der Waals surface area (Å²) in [5.74, 6) is 0.421. The molecule has 0 atom stereocenters. The third kappa shape index (κ3) is 2.11. The molecular formula is C7H13ClO2. The van der Waals surface area contributed by atoms with Gasteiger partial charge in [-0.05, 0) is 0 Å². The van der Waals surface area contributed by atoms with E-state index in [9.17, 15) is 0 Å². The van der Waals surface area contributed by atoms with Gasteiger partial charge in [0.15, 0.2) is 6.29 Å². The molecule has 1 saturated heterocycles. The molecule has 1 rings (SSSR count). The standard InChI is InChI=1S/C7H13ClO2/c1-5(2)7-9-3-6(8)4-10-7/h5-7H,3-4H2,1-2H3. The summed E-state index contributed by atoms with van der Waals surface area (Å²) >= 11 is 5.74. The molecule has 1 heterocycles. The maximum atomic E-state index is 5.74. The highest BCUT2D eigenvalue weighted by Crippen LogP contribution is 2.15. The molecule has 10 heavy (non-hydrogen) atoms. The van der Waals surface area contributed by atoms with Crippen LogP contribution < -0.4 is 0 Å². The predicted molar refractivity (Wildman–Crippen MR) is 40.2 cm³/mol. The number of alkyl halides is 1. The van der Waals surface area contributed by atoms with E-state index in [1.807, 2.05) is 0 Å². The van der Waals surface area contributed by atoms with E-state index in [4.69, 9.17) is 21.1 Å². The third-order valence-electron chi connectivity index (χ3n) is 1.43. The lowest BCUT2D eigenvalue weighted by Crippen LogP contribution is -2.35. The highest BCUT2D eigenvalue weighted by atomic mass is 35.5. The van der Waals surface area contributed by atoms with Crippen LogP contribution in [0, 0.1) is 5.92 Å². The highest BCUT2D eigenvalue weighted by Gasteiger charge is 2.22. The first-order valence-electron chi connectivity index (χ1n) is 3.57. The lowest BCUT2D eigenvalue weighted by atomic mass is 10.2. The van der Waals surface area contributed by atoms with Gasteiger partial charge in [-0.1, -0.05) is 13.8 Å². The van der Waals surface area contributed by atoms with Crippen LogP contribution in [0.5, 0.6) is 0 Å². The molecule has 1 fully saturated rings. The van der Waals surface area contributed by atoms with E-state index in [1.165, 1.54) is 0 Å². The largest absolute Gasteiger partial charge is 0.351 e. The Morgan fingerprint density at radius 2 is 1.80 bits per heavy atom. The normalized spacial score (nSPS) is 34.8. The van der Waals surface area contributed by atoms with Crippen molar-refractivity contribution in [3.63, 3.8) is 0 Å². The van der Waals surface area contributed by atoms with Gasteiger partial charge in [-0.15, -0.1) is 11.6 Å². The molecule has 0 bridgehead atoms. The molecule has 0 aliphatic carbocycles. The van der Waals surface area contributed by atoms with Crippen molar-refractivity contribution in [3.05, 3.63) is 0 Å². The minimum absolute atomic E-state index is 0.0370. The second-order valence-electron chi connectivity index (χ2n) is 2.88. The summed E-state index contributed by atoms with van der Waals surface area (Å²) in [6, 6.07) is 0. The molecule has 0 amide bonds. The van der Waals surface area contributed by atoms with E-state index in [-0.39, 0.29) is 11.7 Å². The van der Waals surface area contributed by atoms with Crippen molar-refractivity contribution < 1.29 is 9.47 Å². The first-order valence-corrected chi connectivity index (χ1v) is 4.01. The molecule has 3 heteroatoms. The fourth-order valence-corrected chi connectivity index (χ4v) is 1.03. The Bertz CT molecular complexity index is 97.8. The minimum atomic E-state index is -0.0463. The van der Waals surface area contributed by atoms with Gasteiger partial charge in [0.05, 0.1) is 18.6 Å². The maximum Gasteiger partial charge on any atom is 0.159 e. The average molecular weight is 165 g/mol. The van der Waals surface area contributed by atoms with Crippen LogP contribution >= 0.6 is 11.6 Å². The van der Waals surface area contributed by atoms with Crippen molar-refractivity contribution in [2.45, 2.75) is 25.5 Å². The number of hydrogen-bond donors (Lipinski definition) is 0. The van der Waals surface area contributed by atoms with Crippen LogP contribution in [0.2, 0.25) is 0 Å². The van der Waals surface area contributed by atoms with Crippen LogP contribution in [0.1, 0.15) is 13.8 Å². The lowest BCUT2D eigenvalue weighted by molar-refractivity contribution is -0.197. The van der Waals surface area contributed by atoms with Crippen molar-refractivity contribution >= 4 is 11.6 Å². The van der Waals surface area contributed by atoms with Crippen molar-refractivity contribution in [1.82, 2.24) is 0 Å². The Kier molecular flexibility index (Phi) is 2.96. The summed E-state index contributed by atoms with van der Waals surface area (Å²) in [5, 5.41) is 0.0370. The molecule has 2 nitrogen and oxygen atoms in total. The molecule has 0 aromatic heterocycles. The Morgan fingerprint density at radius 3 is 2.20 bits per heavy atom. The van der Waals surface area contributed by atoms with Crippen molar-refractivity contribution in [2.75, 3.05) is 13.2 Å². The van der Waals surface area contributed by atoms with E-state index < -0.39 is 0 Å². The smallest absolute Gasteiger partial charge is 0.159 e. The van der Waals surface area contributed by atoms with Crippen molar-refractivity contribution in [1.29, 1.82) is 0 Å². The number of ether oxygens (including phenoxy) is 2. The summed E-state index contributed by atoms with van der Waals surface area (Å²) in [6.45, 7) is 5.37. The van der Waals surface area contributed by atoms with Crippen molar-refractivity contribution in [3.8, 4) is 0 Å². The van der Waals surface area contributed by atoms with Gasteiger partial charge in [-0.25, -0.2) is 0 Å². The minimum Gasteiger partial charge on any atom is -0.351 e. The van der Waals surface area contributed by atoms with E-state index in [2.05, 4.69) is 13.8 Å². The number of hydrogen-bond acceptors (Lipinski definition) is 2. The topological polar surface area (TPSA) is 18.5 Å². The van der Waals surface area contributed by atoms with Gasteiger partial charge >= 0.3 is 0 Å². The van der Waals surface area contributed by atoms with Gasteiger partial charge in [0.2, 0.25) is 0 Å². The van der Waals surface area contributed by atoms with Crippen molar-refractivity contribution in [2.24, 2.45) is 5.92 Å². The Labute approximate surface area is 66.5 Å². The Morgan fingerprint density at radius 1 is 1.30 bits per heavy atom. The van der Waals surface area contributed by atoms with Gasteiger partial charge in [0.25, 0.3) is 0 Å². The monoisotopic (exact) mass is 164 g/mol. The van der Waals surface area contributed by atoms with Crippen LogP contribution in [-0.4, -0.2) is 24.9 Å². The zero-order valence-corrected chi connectivity index (χ0v) is 7.10. The summed E-state index contributed by atoms with van der Waals surface area (Å²) in [6.07, 6.45) is -0.0463. The van der Waals surface area contributed by atoms with Crippen LogP contribution in [-0.2, 0) is 9.47 Å². The van der Waals surface area contributed by atoms with Crippen LogP contribution in [0.3, 0.4) is 0 Å².